The summed E-state index contributed by atoms with van der Waals surface area (Å²) in [4.78, 5) is 16.2. The van der Waals surface area contributed by atoms with Crippen LogP contribution in [-0.2, 0) is 0 Å². The molecule has 1 N–H and O–H groups in total. The first kappa shape index (κ1) is 12.6. The van der Waals surface area contributed by atoms with Gasteiger partial charge in [0, 0.05) is 16.3 Å². The fourth-order valence-corrected chi connectivity index (χ4v) is 1.72. The maximum Gasteiger partial charge on any atom is 0.256 e. The van der Waals surface area contributed by atoms with Gasteiger partial charge in [0.1, 0.15) is 5.82 Å². The van der Waals surface area contributed by atoms with Crippen LogP contribution in [0.3, 0.4) is 0 Å². The number of hydrogen-bond acceptors (Lipinski definition) is 2. The zero-order chi connectivity index (χ0) is 13.1. The predicted molar refractivity (Wildman–Crippen MR) is 73.1 cm³/mol. The van der Waals surface area contributed by atoms with Crippen LogP contribution in [0.15, 0.2) is 36.4 Å². The van der Waals surface area contributed by atoms with E-state index in [0.29, 0.717) is 16.4 Å². The first-order valence-electron chi connectivity index (χ1n) is 5.57. The maximum atomic E-state index is 12.0. The molecule has 0 fully saturated rings. The van der Waals surface area contributed by atoms with Gasteiger partial charge in [0.05, 0.1) is 0 Å². The van der Waals surface area contributed by atoms with Crippen molar-refractivity contribution in [2.45, 2.75) is 13.8 Å². The van der Waals surface area contributed by atoms with Crippen LogP contribution in [0.4, 0.5) is 5.82 Å². The Kier molecular flexibility index (Phi) is 3.63. The molecule has 0 radical (unpaired) electrons. The molecule has 0 aliphatic heterocycles. The summed E-state index contributed by atoms with van der Waals surface area (Å²) < 4.78 is 0. The third-order valence-corrected chi connectivity index (χ3v) is 2.97. The number of nitrogens with one attached hydrogen (secondary N) is 1. The molecule has 3 nitrogen and oxygen atoms in total. The number of halogens is 1. The normalized spacial score (nSPS) is 10.2. The predicted octanol–water partition coefficient (Wildman–Crippen LogP) is 3.60. The highest BCUT2D eigenvalue weighted by atomic mass is 35.5. The number of aryl methyl sites for hydroxylation is 2. The van der Waals surface area contributed by atoms with Crippen molar-refractivity contribution in [1.82, 2.24) is 4.98 Å². The summed E-state index contributed by atoms with van der Waals surface area (Å²) in [6.07, 6.45) is 0. The Labute approximate surface area is 111 Å². The lowest BCUT2D eigenvalue weighted by molar-refractivity contribution is 0.102. The van der Waals surface area contributed by atoms with E-state index in [2.05, 4.69) is 10.3 Å². The fraction of sp³-hybridized carbons (Fsp3) is 0.143. The number of carbonyl (C=O) groups excluding carboxylic acids is 1. The molecule has 0 saturated heterocycles. The van der Waals surface area contributed by atoms with Crippen molar-refractivity contribution < 1.29 is 4.79 Å². The lowest BCUT2D eigenvalue weighted by atomic mass is 10.1. The molecule has 0 unspecified atom stereocenters. The van der Waals surface area contributed by atoms with Gasteiger partial charge >= 0.3 is 0 Å². The molecule has 1 aromatic heterocycles. The first-order chi connectivity index (χ1) is 8.56. The molecule has 1 heterocycles. The molecule has 1 aromatic carbocycles. The maximum absolute atomic E-state index is 12.0. The Morgan fingerprint density at radius 1 is 1.22 bits per heavy atom. The first-order valence-corrected chi connectivity index (χ1v) is 5.95. The molecule has 2 aromatic rings. The van der Waals surface area contributed by atoms with Gasteiger partial charge in [-0.3, -0.25) is 4.79 Å². The van der Waals surface area contributed by atoms with E-state index in [4.69, 9.17) is 11.6 Å². The minimum absolute atomic E-state index is 0.213. The molecule has 4 heteroatoms. The number of rotatable bonds is 2. The van der Waals surface area contributed by atoms with Gasteiger partial charge in [-0.15, -0.1) is 0 Å². The molecule has 0 aliphatic carbocycles. The molecule has 0 saturated carbocycles. The van der Waals surface area contributed by atoms with Crippen molar-refractivity contribution in [2.75, 3.05) is 5.32 Å². The Bertz CT molecular complexity index is 596. The van der Waals surface area contributed by atoms with Gasteiger partial charge in [-0.05, 0) is 43.7 Å². The zero-order valence-corrected chi connectivity index (χ0v) is 11.0. The summed E-state index contributed by atoms with van der Waals surface area (Å²) in [6.45, 7) is 3.77. The number of nitrogens with zero attached hydrogens (tertiary/aromatic N) is 1. The summed E-state index contributed by atoms with van der Waals surface area (Å²) in [6, 6.07) is 10.7. The van der Waals surface area contributed by atoms with Gasteiger partial charge in [-0.1, -0.05) is 23.7 Å². The average Bonchev–Trinajstić information content (AvgIpc) is 2.32. The van der Waals surface area contributed by atoms with E-state index in [-0.39, 0.29) is 5.91 Å². The molecular weight excluding hydrogens is 248 g/mol. The quantitative estimate of drug-likeness (QED) is 0.896. The van der Waals surface area contributed by atoms with Gasteiger partial charge in [-0.2, -0.15) is 0 Å². The summed E-state index contributed by atoms with van der Waals surface area (Å²) >= 11 is 5.99. The molecule has 0 aliphatic rings. The Balaban J connectivity index is 2.19. The lowest BCUT2D eigenvalue weighted by Crippen LogP contribution is -2.13. The number of carbonyl (C=O) groups is 1. The second-order valence-corrected chi connectivity index (χ2v) is 4.49. The fourth-order valence-electron chi connectivity index (χ4n) is 1.54. The Hall–Kier alpha value is -1.87. The average molecular weight is 261 g/mol. The molecule has 92 valence electrons. The number of benzene rings is 1. The minimum atomic E-state index is -0.213. The van der Waals surface area contributed by atoms with Crippen LogP contribution >= 0.6 is 11.6 Å². The number of aromatic nitrogens is 1. The van der Waals surface area contributed by atoms with Crippen molar-refractivity contribution in [3.05, 3.63) is 58.2 Å². The van der Waals surface area contributed by atoms with E-state index in [0.717, 1.165) is 11.3 Å². The lowest BCUT2D eigenvalue weighted by Gasteiger charge is -2.06. The summed E-state index contributed by atoms with van der Waals surface area (Å²) in [7, 11) is 0. The Morgan fingerprint density at radius 2 is 2.00 bits per heavy atom. The van der Waals surface area contributed by atoms with Crippen molar-refractivity contribution >= 4 is 23.3 Å². The SMILES string of the molecule is Cc1cccc(NC(=O)c2ccc(C)c(Cl)c2)n1. The summed E-state index contributed by atoms with van der Waals surface area (Å²) in [5, 5.41) is 3.32. The molecular formula is C14H13ClN2O. The standard InChI is InChI=1S/C14H13ClN2O/c1-9-6-7-11(8-12(9)15)14(18)17-13-5-3-4-10(2)16-13/h3-8H,1-2H3,(H,16,17,18). The van der Waals surface area contributed by atoms with Crippen LogP contribution in [0.25, 0.3) is 0 Å². The largest absolute Gasteiger partial charge is 0.307 e. The van der Waals surface area contributed by atoms with Gasteiger partial charge in [0.25, 0.3) is 5.91 Å². The van der Waals surface area contributed by atoms with Crippen LogP contribution < -0.4 is 5.32 Å². The van der Waals surface area contributed by atoms with Crippen LogP contribution in [0.5, 0.6) is 0 Å². The van der Waals surface area contributed by atoms with E-state index in [1.165, 1.54) is 0 Å². The van der Waals surface area contributed by atoms with Crippen molar-refractivity contribution in [3.8, 4) is 0 Å². The second-order valence-electron chi connectivity index (χ2n) is 4.08. The minimum Gasteiger partial charge on any atom is -0.307 e. The third-order valence-electron chi connectivity index (χ3n) is 2.56. The van der Waals surface area contributed by atoms with E-state index in [9.17, 15) is 4.79 Å². The number of pyridine rings is 1. The van der Waals surface area contributed by atoms with E-state index >= 15 is 0 Å². The highest BCUT2D eigenvalue weighted by molar-refractivity contribution is 6.31. The second kappa shape index (κ2) is 5.19. The van der Waals surface area contributed by atoms with Crippen LogP contribution in [0, 0.1) is 13.8 Å². The van der Waals surface area contributed by atoms with E-state index < -0.39 is 0 Å². The smallest absolute Gasteiger partial charge is 0.256 e. The number of anilines is 1. The Morgan fingerprint density at radius 3 is 2.67 bits per heavy atom. The highest BCUT2D eigenvalue weighted by Gasteiger charge is 2.08. The van der Waals surface area contributed by atoms with Gasteiger partial charge in [0.2, 0.25) is 0 Å². The number of hydrogen-bond donors (Lipinski definition) is 1. The zero-order valence-electron chi connectivity index (χ0n) is 10.2. The topological polar surface area (TPSA) is 42.0 Å². The highest BCUT2D eigenvalue weighted by Crippen LogP contribution is 2.17. The van der Waals surface area contributed by atoms with E-state index in [1.807, 2.05) is 32.0 Å². The van der Waals surface area contributed by atoms with Gasteiger partial charge in [0.15, 0.2) is 0 Å². The molecule has 18 heavy (non-hydrogen) atoms. The molecule has 0 spiro atoms. The summed E-state index contributed by atoms with van der Waals surface area (Å²) in [5.74, 6) is 0.326. The van der Waals surface area contributed by atoms with Gasteiger partial charge in [-0.25, -0.2) is 4.98 Å². The van der Waals surface area contributed by atoms with Crippen LogP contribution in [0.1, 0.15) is 21.6 Å². The summed E-state index contributed by atoms with van der Waals surface area (Å²) in [5.41, 5.74) is 2.32. The molecule has 0 bridgehead atoms. The van der Waals surface area contributed by atoms with E-state index in [1.54, 1.807) is 18.2 Å². The van der Waals surface area contributed by atoms with Crippen molar-refractivity contribution in [2.24, 2.45) is 0 Å². The molecule has 2 rings (SSSR count). The van der Waals surface area contributed by atoms with Gasteiger partial charge < -0.3 is 5.32 Å². The number of amides is 1. The van der Waals surface area contributed by atoms with Crippen LogP contribution in [0.2, 0.25) is 5.02 Å². The molecule has 0 atom stereocenters. The third kappa shape index (κ3) is 2.87. The van der Waals surface area contributed by atoms with Crippen LogP contribution in [-0.4, -0.2) is 10.9 Å². The molecule has 1 amide bonds. The monoisotopic (exact) mass is 260 g/mol. The van der Waals surface area contributed by atoms with Crippen molar-refractivity contribution in [1.29, 1.82) is 0 Å². The van der Waals surface area contributed by atoms with Crippen molar-refractivity contribution in [3.63, 3.8) is 0 Å².